The number of thioether (sulfide) groups is 1. The van der Waals surface area contributed by atoms with E-state index in [2.05, 4.69) is 26.2 Å². The number of benzene rings is 2. The summed E-state index contributed by atoms with van der Waals surface area (Å²) in [5.41, 5.74) is 7.62. The van der Waals surface area contributed by atoms with Crippen LogP contribution in [0.5, 0.6) is 0 Å². The van der Waals surface area contributed by atoms with Crippen LogP contribution >= 0.6 is 11.8 Å². The van der Waals surface area contributed by atoms with E-state index in [9.17, 15) is 23.7 Å². The first-order valence-corrected chi connectivity index (χ1v) is 13.7. The van der Waals surface area contributed by atoms with Gasteiger partial charge >= 0.3 is 0 Å². The van der Waals surface area contributed by atoms with Crippen LogP contribution in [0.4, 0.5) is 17.3 Å². The number of anilines is 3. The van der Waals surface area contributed by atoms with Gasteiger partial charge in [-0.05, 0) is 43.7 Å². The molecular weight excluding hydrogens is 538 g/mol. The van der Waals surface area contributed by atoms with Gasteiger partial charge in [-0.25, -0.2) is 13.4 Å². The highest BCUT2D eigenvalue weighted by molar-refractivity contribution is 8.00. The number of nitrogen functional groups attached to an aromatic ring is 1. The summed E-state index contributed by atoms with van der Waals surface area (Å²) < 4.78 is 32.3. The number of carbonyl (C=O) groups excluding carboxylic acids is 1. The Morgan fingerprint density at radius 2 is 1.74 bits per heavy atom. The maximum absolute atomic E-state index is 12.9. The van der Waals surface area contributed by atoms with Crippen LogP contribution in [-0.4, -0.2) is 29.7 Å². The fourth-order valence-electron chi connectivity index (χ4n) is 3.57. The summed E-state index contributed by atoms with van der Waals surface area (Å²) >= 11 is 1.02. The number of pyridine rings is 1. The third kappa shape index (κ3) is 6.01. The normalized spacial score (nSPS) is 11.7. The maximum Gasteiger partial charge on any atom is 0.263 e. The number of hydrogen-bond acceptors (Lipinski definition) is 10. The van der Waals surface area contributed by atoms with Crippen molar-refractivity contribution in [2.24, 2.45) is 0 Å². The molecule has 0 aliphatic carbocycles. The number of carbonyl (C=O) groups is 1. The van der Waals surface area contributed by atoms with Crippen LogP contribution in [0.3, 0.4) is 0 Å². The molecular formula is C26H21N7O4S2. The molecule has 1 amide bonds. The second-order valence-corrected chi connectivity index (χ2v) is 11.2. The van der Waals surface area contributed by atoms with E-state index in [1.165, 1.54) is 30.3 Å². The Kier molecular flexibility index (Phi) is 7.85. The molecule has 196 valence electrons. The van der Waals surface area contributed by atoms with Gasteiger partial charge in [0, 0.05) is 17.3 Å². The molecule has 11 nitrogen and oxygen atoms in total. The molecule has 0 bridgehead atoms. The quantitative estimate of drug-likeness (QED) is 0.263. The predicted octanol–water partition coefficient (Wildman–Crippen LogP) is 4.29. The van der Waals surface area contributed by atoms with E-state index < -0.39 is 21.2 Å². The molecule has 0 radical (unpaired) electrons. The lowest BCUT2D eigenvalue weighted by molar-refractivity contribution is -0.115. The standard InChI is InChI=1S/C26H21N7O4S2/c1-15-12-22(32-37-15)33-39(35,36)19-10-8-18(9-11-19)30-25(34)16(2)38-26-21(14-28)23(17-6-4-3-5-7-17)20(13-27)24(29)31-26/h3-12,16H,1-2H3,(H2,29,31)(H,30,34)(H,32,33). The lowest BCUT2D eigenvalue weighted by Gasteiger charge is -2.16. The van der Waals surface area contributed by atoms with Gasteiger partial charge in [0.15, 0.2) is 5.82 Å². The molecule has 4 N–H and O–H groups in total. The average molecular weight is 560 g/mol. The second-order valence-electron chi connectivity index (χ2n) is 8.22. The van der Waals surface area contributed by atoms with Crippen LogP contribution in [0, 0.1) is 29.6 Å². The summed E-state index contributed by atoms with van der Waals surface area (Å²) in [5, 5.41) is 25.4. The van der Waals surface area contributed by atoms with Crippen LogP contribution in [0.25, 0.3) is 11.1 Å². The minimum absolute atomic E-state index is 0.0343. The van der Waals surface area contributed by atoms with E-state index in [1.54, 1.807) is 38.1 Å². The van der Waals surface area contributed by atoms with Crippen molar-refractivity contribution in [3.63, 3.8) is 0 Å². The molecule has 4 aromatic rings. The topological polar surface area (TPSA) is 188 Å². The number of hydrogen-bond donors (Lipinski definition) is 3. The van der Waals surface area contributed by atoms with Crippen LogP contribution in [0.15, 0.2) is 75.1 Å². The minimum Gasteiger partial charge on any atom is -0.383 e. The zero-order chi connectivity index (χ0) is 28.2. The van der Waals surface area contributed by atoms with Crippen LogP contribution in [0.2, 0.25) is 0 Å². The highest BCUT2D eigenvalue weighted by atomic mass is 32.2. The van der Waals surface area contributed by atoms with Gasteiger partial charge in [-0.15, -0.1) is 0 Å². The molecule has 2 heterocycles. The first-order chi connectivity index (χ1) is 18.6. The summed E-state index contributed by atoms with van der Waals surface area (Å²) in [7, 11) is -3.91. The molecule has 39 heavy (non-hydrogen) atoms. The predicted molar refractivity (Wildman–Crippen MR) is 146 cm³/mol. The lowest BCUT2D eigenvalue weighted by Crippen LogP contribution is -2.23. The number of sulfonamides is 1. The third-order valence-electron chi connectivity index (χ3n) is 5.43. The van der Waals surface area contributed by atoms with Crippen LogP contribution < -0.4 is 15.8 Å². The molecule has 0 saturated carbocycles. The number of nitriles is 2. The first-order valence-electron chi connectivity index (χ1n) is 11.4. The monoisotopic (exact) mass is 559 g/mol. The fraction of sp³-hybridized carbons (Fsp3) is 0.115. The Hall–Kier alpha value is -4.85. The molecule has 0 saturated heterocycles. The number of nitrogens with two attached hydrogens (primary N) is 1. The fourth-order valence-corrected chi connectivity index (χ4v) is 5.47. The maximum atomic E-state index is 12.9. The van der Waals surface area contributed by atoms with Gasteiger partial charge in [-0.2, -0.15) is 10.5 Å². The number of nitrogens with zero attached hydrogens (tertiary/aromatic N) is 4. The number of aromatic nitrogens is 2. The van der Waals surface area contributed by atoms with E-state index >= 15 is 0 Å². The van der Waals surface area contributed by atoms with E-state index in [-0.39, 0.29) is 32.7 Å². The number of amides is 1. The van der Waals surface area contributed by atoms with Crippen molar-refractivity contribution in [2.75, 3.05) is 15.8 Å². The number of rotatable bonds is 8. The van der Waals surface area contributed by atoms with E-state index in [1.807, 2.05) is 12.1 Å². The summed E-state index contributed by atoms with van der Waals surface area (Å²) in [6.07, 6.45) is 0. The van der Waals surface area contributed by atoms with Crippen LogP contribution in [0.1, 0.15) is 23.8 Å². The third-order valence-corrected chi connectivity index (χ3v) is 7.89. The number of nitrogens with one attached hydrogen (secondary N) is 2. The van der Waals surface area contributed by atoms with Crippen molar-refractivity contribution in [1.29, 1.82) is 10.5 Å². The van der Waals surface area contributed by atoms with Crippen molar-refractivity contribution >= 4 is 45.0 Å². The van der Waals surface area contributed by atoms with Crippen molar-refractivity contribution in [3.05, 3.63) is 77.6 Å². The minimum atomic E-state index is -3.91. The van der Waals surface area contributed by atoms with E-state index in [0.29, 0.717) is 22.6 Å². The molecule has 13 heteroatoms. The molecule has 0 fully saturated rings. The summed E-state index contributed by atoms with van der Waals surface area (Å²) in [6, 6.07) is 20.0. The van der Waals surface area contributed by atoms with Gasteiger partial charge in [-0.3, -0.25) is 9.52 Å². The Bertz CT molecular complexity index is 1720. The van der Waals surface area contributed by atoms with Crippen molar-refractivity contribution in [3.8, 4) is 23.3 Å². The Labute approximate surface area is 228 Å². The Morgan fingerprint density at radius 1 is 1.08 bits per heavy atom. The van der Waals surface area contributed by atoms with Crippen molar-refractivity contribution in [2.45, 2.75) is 29.0 Å². The molecule has 0 aliphatic heterocycles. The van der Waals surface area contributed by atoms with Gasteiger partial charge in [0.2, 0.25) is 5.91 Å². The van der Waals surface area contributed by atoms with Gasteiger partial charge in [0.25, 0.3) is 10.0 Å². The summed E-state index contributed by atoms with van der Waals surface area (Å²) in [6.45, 7) is 3.26. The van der Waals surface area contributed by atoms with E-state index in [4.69, 9.17) is 10.3 Å². The summed E-state index contributed by atoms with van der Waals surface area (Å²) in [4.78, 5) is 17.1. The summed E-state index contributed by atoms with van der Waals surface area (Å²) in [5.74, 6) is 0.0492. The highest BCUT2D eigenvalue weighted by Crippen LogP contribution is 2.37. The molecule has 2 aromatic carbocycles. The molecule has 1 unspecified atom stereocenters. The Balaban J connectivity index is 1.51. The van der Waals surface area contributed by atoms with Crippen molar-refractivity contribution in [1.82, 2.24) is 10.1 Å². The molecule has 0 spiro atoms. The number of aryl methyl sites for hydroxylation is 1. The first kappa shape index (κ1) is 27.2. The zero-order valence-electron chi connectivity index (χ0n) is 20.7. The zero-order valence-corrected chi connectivity index (χ0v) is 22.3. The van der Waals surface area contributed by atoms with Crippen LogP contribution in [-0.2, 0) is 14.8 Å². The molecule has 2 aromatic heterocycles. The van der Waals surface area contributed by atoms with Gasteiger partial charge in [0.05, 0.1) is 15.7 Å². The Morgan fingerprint density at radius 3 is 2.33 bits per heavy atom. The molecule has 0 aliphatic rings. The lowest BCUT2D eigenvalue weighted by atomic mass is 9.97. The SMILES string of the molecule is Cc1cc(NS(=O)(=O)c2ccc(NC(=O)C(C)Sc3nc(N)c(C#N)c(-c4ccccc4)c3C#N)cc2)no1. The average Bonchev–Trinajstić information content (AvgIpc) is 3.32. The van der Waals surface area contributed by atoms with Crippen molar-refractivity contribution < 1.29 is 17.7 Å². The molecule has 4 rings (SSSR count). The molecule has 1 atom stereocenters. The smallest absolute Gasteiger partial charge is 0.263 e. The van der Waals surface area contributed by atoms with E-state index in [0.717, 1.165) is 11.8 Å². The second kappa shape index (κ2) is 11.3. The largest absolute Gasteiger partial charge is 0.383 e. The van der Waals surface area contributed by atoms with Gasteiger partial charge < -0.3 is 15.6 Å². The highest BCUT2D eigenvalue weighted by Gasteiger charge is 2.24. The van der Waals surface area contributed by atoms with Gasteiger partial charge in [-0.1, -0.05) is 47.3 Å². The van der Waals surface area contributed by atoms with Gasteiger partial charge in [0.1, 0.15) is 34.3 Å².